The van der Waals surface area contributed by atoms with Gasteiger partial charge in [-0.15, -0.1) is 5.10 Å². The van der Waals surface area contributed by atoms with Crippen LogP contribution in [0.5, 0.6) is 11.6 Å². The first-order valence-corrected chi connectivity index (χ1v) is 8.11. The van der Waals surface area contributed by atoms with E-state index < -0.39 is 12.3 Å². The van der Waals surface area contributed by atoms with Crippen LogP contribution in [-0.4, -0.2) is 53.5 Å². The van der Waals surface area contributed by atoms with Crippen molar-refractivity contribution in [2.75, 3.05) is 20.2 Å². The zero-order valence-electron chi connectivity index (χ0n) is 14.2. The molecule has 2 aromatic rings. The second-order valence-electron chi connectivity index (χ2n) is 5.91. The summed E-state index contributed by atoms with van der Waals surface area (Å²) < 4.78 is 25.4. The Balaban J connectivity index is 1.75. The number of hydrogen-bond donors (Lipinski definition) is 0. The van der Waals surface area contributed by atoms with E-state index in [2.05, 4.69) is 10.2 Å². The molecule has 6 nitrogen and oxygen atoms in total. The lowest BCUT2D eigenvalue weighted by Gasteiger charge is -2.33. The molecule has 25 heavy (non-hydrogen) atoms. The molecule has 1 fully saturated rings. The van der Waals surface area contributed by atoms with Crippen LogP contribution in [0.15, 0.2) is 36.5 Å². The highest BCUT2D eigenvalue weighted by molar-refractivity contribution is 5.73. The Kier molecular flexibility index (Phi) is 5.11. The zero-order valence-corrected chi connectivity index (χ0v) is 14.2. The smallest absolute Gasteiger partial charge is 0.234 e. The van der Waals surface area contributed by atoms with Gasteiger partial charge in [-0.1, -0.05) is 18.2 Å². The van der Waals surface area contributed by atoms with Crippen molar-refractivity contribution >= 4 is 5.91 Å². The standard InChI is InChI=1S/C18H20FN3O3/c1-12(23)22-8-7-17(15(19)11-22)25-18-9-13(10-20-21-18)14-5-3-4-6-16(14)24-2/h3-6,9-10,15,17H,7-8,11H2,1-2H3/t15-,17+/m1/s1. The summed E-state index contributed by atoms with van der Waals surface area (Å²) in [5.41, 5.74) is 1.63. The molecule has 0 bridgehead atoms. The SMILES string of the molecule is COc1ccccc1-c1cnnc(O[C@H]2CCN(C(C)=O)C[C@H]2F)c1. The van der Waals surface area contributed by atoms with Gasteiger partial charge < -0.3 is 14.4 Å². The Morgan fingerprint density at radius 1 is 1.36 bits per heavy atom. The van der Waals surface area contributed by atoms with Crippen molar-refractivity contribution in [2.24, 2.45) is 0 Å². The van der Waals surface area contributed by atoms with Crippen LogP contribution >= 0.6 is 0 Å². The van der Waals surface area contributed by atoms with Gasteiger partial charge in [0.2, 0.25) is 11.8 Å². The molecule has 1 aliphatic rings. The third-order valence-corrected chi connectivity index (χ3v) is 4.25. The number of benzene rings is 1. The second kappa shape index (κ2) is 7.46. The van der Waals surface area contributed by atoms with Crippen molar-refractivity contribution in [3.05, 3.63) is 36.5 Å². The number of ether oxygens (including phenoxy) is 2. The van der Waals surface area contributed by atoms with Crippen molar-refractivity contribution in [1.82, 2.24) is 15.1 Å². The first kappa shape index (κ1) is 17.1. The summed E-state index contributed by atoms with van der Waals surface area (Å²) in [4.78, 5) is 12.8. The largest absolute Gasteiger partial charge is 0.496 e. The molecule has 2 heterocycles. The third kappa shape index (κ3) is 3.87. The molecule has 0 N–H and O–H groups in total. The Hall–Kier alpha value is -2.70. The van der Waals surface area contributed by atoms with Crippen LogP contribution in [0.25, 0.3) is 11.1 Å². The topological polar surface area (TPSA) is 64.6 Å². The summed E-state index contributed by atoms with van der Waals surface area (Å²) >= 11 is 0. The number of para-hydroxylation sites is 1. The van der Waals surface area contributed by atoms with Gasteiger partial charge in [0.15, 0.2) is 6.17 Å². The van der Waals surface area contributed by atoms with Crippen LogP contribution in [0.1, 0.15) is 13.3 Å². The maximum atomic E-state index is 14.3. The van der Waals surface area contributed by atoms with E-state index in [1.54, 1.807) is 19.4 Å². The van der Waals surface area contributed by atoms with Gasteiger partial charge in [-0.3, -0.25) is 4.79 Å². The van der Waals surface area contributed by atoms with E-state index in [1.807, 2.05) is 24.3 Å². The molecule has 0 radical (unpaired) electrons. The summed E-state index contributed by atoms with van der Waals surface area (Å²) in [5, 5.41) is 7.90. The number of nitrogens with zero attached hydrogens (tertiary/aromatic N) is 3. The summed E-state index contributed by atoms with van der Waals surface area (Å²) in [6.45, 7) is 1.95. The fraction of sp³-hybridized carbons (Fsp3) is 0.389. The number of halogens is 1. The van der Waals surface area contributed by atoms with Crippen LogP contribution in [-0.2, 0) is 4.79 Å². The summed E-state index contributed by atoms with van der Waals surface area (Å²) in [7, 11) is 1.60. The Bertz CT molecular complexity index is 756. The van der Waals surface area contributed by atoms with Crippen LogP contribution < -0.4 is 9.47 Å². The number of likely N-dealkylation sites (tertiary alicyclic amines) is 1. The number of amides is 1. The minimum atomic E-state index is -1.26. The average Bonchev–Trinajstić information content (AvgIpc) is 2.63. The van der Waals surface area contributed by atoms with Crippen molar-refractivity contribution < 1.29 is 18.7 Å². The van der Waals surface area contributed by atoms with E-state index >= 15 is 0 Å². The molecular formula is C18H20FN3O3. The number of rotatable bonds is 4. The van der Waals surface area contributed by atoms with Crippen LogP contribution in [0, 0.1) is 0 Å². The molecule has 7 heteroatoms. The number of alkyl halides is 1. The van der Waals surface area contributed by atoms with Gasteiger partial charge in [-0.25, -0.2) is 4.39 Å². The van der Waals surface area contributed by atoms with E-state index in [1.165, 1.54) is 11.8 Å². The molecule has 1 aromatic heterocycles. The molecule has 132 valence electrons. The summed E-state index contributed by atoms with van der Waals surface area (Å²) in [6.07, 6.45) is 0.129. The molecular weight excluding hydrogens is 325 g/mol. The maximum absolute atomic E-state index is 14.3. The molecule has 0 spiro atoms. The molecule has 0 aliphatic carbocycles. The lowest BCUT2D eigenvalue weighted by atomic mass is 10.1. The minimum Gasteiger partial charge on any atom is -0.496 e. The highest BCUT2D eigenvalue weighted by atomic mass is 19.1. The second-order valence-corrected chi connectivity index (χ2v) is 5.91. The summed E-state index contributed by atoms with van der Waals surface area (Å²) in [6, 6.07) is 9.25. The van der Waals surface area contributed by atoms with Gasteiger partial charge in [-0.05, 0) is 6.07 Å². The Morgan fingerprint density at radius 2 is 2.16 bits per heavy atom. The van der Waals surface area contributed by atoms with E-state index in [0.29, 0.717) is 18.7 Å². The zero-order chi connectivity index (χ0) is 17.8. The van der Waals surface area contributed by atoms with Crippen molar-refractivity contribution in [3.8, 4) is 22.8 Å². The first-order valence-electron chi connectivity index (χ1n) is 8.11. The van der Waals surface area contributed by atoms with E-state index in [9.17, 15) is 9.18 Å². The highest BCUT2D eigenvalue weighted by Crippen LogP contribution is 2.31. The van der Waals surface area contributed by atoms with Crippen molar-refractivity contribution in [1.29, 1.82) is 0 Å². The molecule has 1 amide bonds. The minimum absolute atomic E-state index is 0.0413. The molecule has 1 aromatic carbocycles. The number of carbonyl (C=O) groups excluding carboxylic acids is 1. The quantitative estimate of drug-likeness (QED) is 0.852. The number of piperidine rings is 1. The van der Waals surface area contributed by atoms with Gasteiger partial charge in [0.1, 0.15) is 11.9 Å². The molecule has 2 atom stereocenters. The van der Waals surface area contributed by atoms with Crippen LogP contribution in [0.4, 0.5) is 4.39 Å². The van der Waals surface area contributed by atoms with E-state index in [0.717, 1.165) is 11.1 Å². The number of aromatic nitrogens is 2. The predicted octanol–water partition coefficient (Wildman–Crippen LogP) is 2.49. The average molecular weight is 345 g/mol. The van der Waals surface area contributed by atoms with Gasteiger partial charge in [0, 0.05) is 37.1 Å². The van der Waals surface area contributed by atoms with E-state index in [4.69, 9.17) is 9.47 Å². The predicted molar refractivity (Wildman–Crippen MR) is 90.2 cm³/mol. The molecule has 0 saturated carbocycles. The highest BCUT2D eigenvalue weighted by Gasteiger charge is 2.32. The van der Waals surface area contributed by atoms with Gasteiger partial charge in [0.05, 0.1) is 19.9 Å². The van der Waals surface area contributed by atoms with Gasteiger partial charge >= 0.3 is 0 Å². The monoisotopic (exact) mass is 345 g/mol. The molecule has 1 aliphatic heterocycles. The normalized spacial score (nSPS) is 20.2. The lowest BCUT2D eigenvalue weighted by molar-refractivity contribution is -0.132. The van der Waals surface area contributed by atoms with Crippen molar-refractivity contribution in [2.45, 2.75) is 25.6 Å². The fourth-order valence-electron chi connectivity index (χ4n) is 2.89. The van der Waals surface area contributed by atoms with E-state index in [-0.39, 0.29) is 18.3 Å². The molecule has 3 rings (SSSR count). The molecule has 0 unspecified atom stereocenters. The number of hydrogen-bond acceptors (Lipinski definition) is 5. The Labute approximate surface area is 145 Å². The first-order chi connectivity index (χ1) is 12.1. The summed E-state index contributed by atoms with van der Waals surface area (Å²) in [5.74, 6) is 0.839. The van der Waals surface area contributed by atoms with Gasteiger partial charge in [-0.2, -0.15) is 5.10 Å². The fourth-order valence-corrected chi connectivity index (χ4v) is 2.89. The number of carbonyl (C=O) groups is 1. The Morgan fingerprint density at radius 3 is 2.88 bits per heavy atom. The van der Waals surface area contributed by atoms with Crippen molar-refractivity contribution in [3.63, 3.8) is 0 Å². The van der Waals surface area contributed by atoms with Gasteiger partial charge in [0.25, 0.3) is 0 Å². The third-order valence-electron chi connectivity index (χ3n) is 4.25. The van der Waals surface area contributed by atoms with Crippen LogP contribution in [0.3, 0.4) is 0 Å². The maximum Gasteiger partial charge on any atom is 0.234 e. The van der Waals surface area contributed by atoms with Crippen LogP contribution in [0.2, 0.25) is 0 Å². The molecule has 1 saturated heterocycles. The lowest BCUT2D eigenvalue weighted by Crippen LogP contribution is -2.48. The number of methoxy groups -OCH3 is 1.